The highest BCUT2D eigenvalue weighted by Crippen LogP contribution is 2.13. The van der Waals surface area contributed by atoms with Gasteiger partial charge < -0.3 is 24.9 Å². The predicted octanol–water partition coefficient (Wildman–Crippen LogP) is 0.810. The van der Waals surface area contributed by atoms with E-state index in [0.717, 1.165) is 16.8 Å². The number of aromatic nitrogens is 4. The number of nitrogens with zero attached hydrogens (tertiary/aromatic N) is 5. The normalized spacial score (nSPS) is 10.4. The van der Waals surface area contributed by atoms with Crippen molar-refractivity contribution >= 4 is 17.5 Å². The van der Waals surface area contributed by atoms with Crippen LogP contribution in [0.25, 0.3) is 11.4 Å². The minimum absolute atomic E-state index is 0.104. The van der Waals surface area contributed by atoms with Crippen LogP contribution in [0.1, 0.15) is 31.7 Å². The van der Waals surface area contributed by atoms with Gasteiger partial charge in [0.05, 0.1) is 32.1 Å². The van der Waals surface area contributed by atoms with Crippen LogP contribution in [0.3, 0.4) is 0 Å². The summed E-state index contributed by atoms with van der Waals surface area (Å²) in [6.45, 7) is 7.32. The van der Waals surface area contributed by atoms with Gasteiger partial charge in [-0.1, -0.05) is 29.4 Å². The molecule has 0 unspecified atom stereocenters. The summed E-state index contributed by atoms with van der Waals surface area (Å²) in [5.41, 5.74) is 2.50. The smallest absolute Gasteiger partial charge is 0.260 e. The molecule has 1 heterocycles. The molecule has 1 aromatic heterocycles. The van der Waals surface area contributed by atoms with Gasteiger partial charge in [0.25, 0.3) is 5.91 Å². The number of oxime groups is 1. The summed E-state index contributed by atoms with van der Waals surface area (Å²) < 4.78 is 10.8. The summed E-state index contributed by atoms with van der Waals surface area (Å²) in [4.78, 5) is 28.3. The third kappa shape index (κ3) is 11.4. The van der Waals surface area contributed by atoms with Crippen LogP contribution in [0.15, 0.2) is 29.4 Å². The Labute approximate surface area is 198 Å². The molecule has 12 heteroatoms. The molecule has 0 spiro atoms. The van der Waals surface area contributed by atoms with Crippen LogP contribution in [0, 0.1) is 6.92 Å². The van der Waals surface area contributed by atoms with Gasteiger partial charge in [0.2, 0.25) is 11.7 Å². The standard InChI is InChI=1S/C22H31N7O5/c1-16(2)29-34-15-21(31)23-9-11-33-13-12-32-10-8-20(30)24-14-18-4-6-19(7-5-18)22-27-25-17(3)26-28-22/h4-7H,8-15H2,1-3H3,(H,23,31)(H,24,30). The molecule has 0 fully saturated rings. The van der Waals surface area contributed by atoms with Crippen LogP contribution in [-0.2, 0) is 30.4 Å². The highest BCUT2D eigenvalue weighted by molar-refractivity contribution is 5.79. The zero-order valence-electron chi connectivity index (χ0n) is 19.7. The number of carbonyl (C=O) groups excluding carboxylic acids is 2. The first-order chi connectivity index (χ1) is 16.4. The van der Waals surface area contributed by atoms with E-state index < -0.39 is 0 Å². The topological polar surface area (TPSA) is 150 Å². The second-order valence-electron chi connectivity index (χ2n) is 7.38. The van der Waals surface area contributed by atoms with Crippen molar-refractivity contribution in [1.82, 2.24) is 31.0 Å². The predicted molar refractivity (Wildman–Crippen MR) is 124 cm³/mol. The Kier molecular flexibility index (Phi) is 12.1. The molecule has 34 heavy (non-hydrogen) atoms. The monoisotopic (exact) mass is 473 g/mol. The summed E-state index contributed by atoms with van der Waals surface area (Å²) in [6.07, 6.45) is 0.252. The number of aryl methyl sites for hydroxylation is 1. The van der Waals surface area contributed by atoms with Crippen molar-refractivity contribution in [2.45, 2.75) is 33.7 Å². The quantitative estimate of drug-likeness (QED) is 0.218. The summed E-state index contributed by atoms with van der Waals surface area (Å²) in [5, 5.41) is 25.0. The Bertz CT molecular complexity index is 916. The molecular formula is C22H31N7O5. The highest BCUT2D eigenvalue weighted by Gasteiger charge is 2.05. The van der Waals surface area contributed by atoms with Gasteiger partial charge in [-0.05, 0) is 26.3 Å². The first-order valence-electron chi connectivity index (χ1n) is 10.9. The minimum atomic E-state index is -0.262. The molecule has 12 nitrogen and oxygen atoms in total. The fourth-order valence-electron chi connectivity index (χ4n) is 2.48. The van der Waals surface area contributed by atoms with Crippen molar-refractivity contribution in [2.75, 3.05) is 39.6 Å². The van der Waals surface area contributed by atoms with E-state index in [1.54, 1.807) is 20.8 Å². The van der Waals surface area contributed by atoms with Crippen LogP contribution >= 0.6 is 0 Å². The number of amides is 2. The van der Waals surface area contributed by atoms with E-state index in [-0.39, 0.29) is 24.8 Å². The lowest BCUT2D eigenvalue weighted by molar-refractivity contribution is -0.126. The van der Waals surface area contributed by atoms with Crippen LogP contribution in [0.4, 0.5) is 0 Å². The van der Waals surface area contributed by atoms with E-state index in [1.165, 1.54) is 0 Å². The maximum Gasteiger partial charge on any atom is 0.260 e. The highest BCUT2D eigenvalue weighted by atomic mass is 16.6. The number of hydrogen-bond donors (Lipinski definition) is 2. The number of nitrogens with one attached hydrogen (secondary N) is 2. The first kappa shape index (κ1) is 26.7. The maximum absolute atomic E-state index is 12.0. The molecule has 2 N–H and O–H groups in total. The summed E-state index contributed by atoms with van der Waals surface area (Å²) in [7, 11) is 0. The molecule has 0 aliphatic carbocycles. The van der Waals surface area contributed by atoms with E-state index in [0.29, 0.717) is 51.2 Å². The Balaban J connectivity index is 1.47. The third-order valence-electron chi connectivity index (χ3n) is 4.14. The van der Waals surface area contributed by atoms with Crippen molar-refractivity contribution < 1.29 is 23.9 Å². The van der Waals surface area contributed by atoms with Gasteiger partial charge in [0.15, 0.2) is 12.4 Å². The van der Waals surface area contributed by atoms with Crippen LogP contribution in [-0.4, -0.2) is 77.5 Å². The molecule has 0 radical (unpaired) electrons. The third-order valence-corrected chi connectivity index (χ3v) is 4.14. The summed E-state index contributed by atoms with van der Waals surface area (Å²) in [5.74, 6) is 0.601. The molecule has 0 atom stereocenters. The van der Waals surface area contributed by atoms with Crippen molar-refractivity contribution in [2.24, 2.45) is 5.16 Å². The molecule has 2 amide bonds. The molecule has 2 rings (SSSR count). The average Bonchev–Trinajstić information content (AvgIpc) is 2.82. The number of hydrogen-bond acceptors (Lipinski definition) is 10. The van der Waals surface area contributed by atoms with Gasteiger partial charge in [-0.3, -0.25) is 9.59 Å². The van der Waals surface area contributed by atoms with Gasteiger partial charge in [0.1, 0.15) is 0 Å². The van der Waals surface area contributed by atoms with E-state index in [1.807, 2.05) is 24.3 Å². The fourth-order valence-corrected chi connectivity index (χ4v) is 2.48. The zero-order valence-corrected chi connectivity index (χ0v) is 19.7. The molecule has 184 valence electrons. The van der Waals surface area contributed by atoms with Crippen molar-refractivity contribution in [1.29, 1.82) is 0 Å². The van der Waals surface area contributed by atoms with E-state index >= 15 is 0 Å². The van der Waals surface area contributed by atoms with Crippen molar-refractivity contribution in [3.8, 4) is 11.4 Å². The number of ether oxygens (including phenoxy) is 2. The largest absolute Gasteiger partial charge is 0.386 e. The Morgan fingerprint density at radius 3 is 2.24 bits per heavy atom. The van der Waals surface area contributed by atoms with Gasteiger partial charge in [-0.25, -0.2) is 0 Å². The zero-order chi connectivity index (χ0) is 24.6. The maximum atomic E-state index is 12.0. The lowest BCUT2D eigenvalue weighted by Gasteiger charge is -2.08. The number of rotatable bonds is 15. The second kappa shape index (κ2) is 15.3. The van der Waals surface area contributed by atoms with Crippen LogP contribution in [0.5, 0.6) is 0 Å². The second-order valence-corrected chi connectivity index (χ2v) is 7.38. The fraction of sp³-hybridized carbons (Fsp3) is 0.500. The Morgan fingerprint density at radius 1 is 0.882 bits per heavy atom. The molecular weight excluding hydrogens is 442 g/mol. The SMILES string of the molecule is CC(C)=NOCC(=O)NCCOCCOCCC(=O)NCc1ccc(-c2nnc(C)nn2)cc1. The number of benzene rings is 1. The molecule has 0 aliphatic heterocycles. The van der Waals surface area contributed by atoms with E-state index in [4.69, 9.17) is 14.3 Å². The van der Waals surface area contributed by atoms with E-state index in [9.17, 15) is 9.59 Å². The Hall–Kier alpha value is -3.51. The van der Waals surface area contributed by atoms with E-state index in [2.05, 4.69) is 36.2 Å². The molecule has 1 aromatic carbocycles. The van der Waals surface area contributed by atoms with Crippen molar-refractivity contribution in [3.05, 3.63) is 35.7 Å². The Morgan fingerprint density at radius 2 is 1.56 bits per heavy atom. The van der Waals surface area contributed by atoms with Crippen LogP contribution in [0.2, 0.25) is 0 Å². The molecule has 0 saturated carbocycles. The lowest BCUT2D eigenvalue weighted by atomic mass is 10.1. The van der Waals surface area contributed by atoms with Gasteiger partial charge in [0, 0.05) is 25.1 Å². The molecule has 0 aliphatic rings. The van der Waals surface area contributed by atoms with Gasteiger partial charge in [-0.15, -0.1) is 20.4 Å². The minimum Gasteiger partial charge on any atom is -0.386 e. The van der Waals surface area contributed by atoms with Crippen LogP contribution < -0.4 is 10.6 Å². The average molecular weight is 474 g/mol. The van der Waals surface area contributed by atoms with Crippen molar-refractivity contribution in [3.63, 3.8) is 0 Å². The number of carbonyl (C=O) groups is 2. The molecule has 0 saturated heterocycles. The molecule has 2 aromatic rings. The first-order valence-corrected chi connectivity index (χ1v) is 10.9. The van der Waals surface area contributed by atoms with Gasteiger partial charge in [-0.2, -0.15) is 0 Å². The summed E-state index contributed by atoms with van der Waals surface area (Å²) in [6, 6.07) is 7.50. The lowest BCUT2D eigenvalue weighted by Crippen LogP contribution is -2.30. The molecule has 0 bridgehead atoms. The van der Waals surface area contributed by atoms with Gasteiger partial charge >= 0.3 is 0 Å². The summed E-state index contributed by atoms with van der Waals surface area (Å²) >= 11 is 0.